The lowest BCUT2D eigenvalue weighted by Crippen LogP contribution is -2.38. The Labute approximate surface area is 112 Å². The summed E-state index contributed by atoms with van der Waals surface area (Å²) in [6.45, 7) is 8.87. The number of carbonyl (C=O) groups is 2. The van der Waals surface area contributed by atoms with Crippen molar-refractivity contribution in [2.75, 3.05) is 0 Å². The summed E-state index contributed by atoms with van der Waals surface area (Å²) in [5.41, 5.74) is -0.619. The van der Waals surface area contributed by atoms with Gasteiger partial charge >= 0.3 is 12.1 Å². The number of imidazole rings is 1. The molecule has 19 heavy (non-hydrogen) atoms. The lowest BCUT2D eigenvalue weighted by molar-refractivity contribution is -0.167. The first-order valence-corrected chi connectivity index (χ1v) is 6.12. The molecular formula is C13H20N2O4. The number of hydrogen-bond donors (Lipinski definition) is 0. The molecule has 0 aromatic carbocycles. The van der Waals surface area contributed by atoms with E-state index >= 15 is 0 Å². The van der Waals surface area contributed by atoms with E-state index in [-0.39, 0.29) is 5.92 Å². The maximum atomic E-state index is 12.0. The van der Waals surface area contributed by atoms with Gasteiger partial charge < -0.3 is 9.47 Å². The zero-order valence-electron chi connectivity index (χ0n) is 11.9. The topological polar surface area (TPSA) is 70.4 Å². The minimum Gasteiger partial charge on any atom is -0.457 e. The van der Waals surface area contributed by atoms with E-state index in [0.717, 1.165) is 0 Å². The molecule has 1 heterocycles. The van der Waals surface area contributed by atoms with Gasteiger partial charge in [-0.05, 0) is 20.8 Å². The van der Waals surface area contributed by atoms with Crippen molar-refractivity contribution in [3.05, 3.63) is 18.7 Å². The van der Waals surface area contributed by atoms with Gasteiger partial charge in [0.1, 0.15) is 11.9 Å². The summed E-state index contributed by atoms with van der Waals surface area (Å²) in [5.74, 6) is -0.724. The molecule has 1 aromatic rings. The highest BCUT2D eigenvalue weighted by molar-refractivity contribution is 5.80. The molecule has 0 fully saturated rings. The van der Waals surface area contributed by atoms with Crippen LogP contribution in [0, 0.1) is 5.92 Å². The van der Waals surface area contributed by atoms with Crippen LogP contribution in [0.25, 0.3) is 0 Å². The molecule has 106 valence electrons. The van der Waals surface area contributed by atoms with Crippen molar-refractivity contribution in [2.45, 2.75) is 46.3 Å². The molecule has 0 aliphatic heterocycles. The van der Waals surface area contributed by atoms with Gasteiger partial charge in [-0.3, -0.25) is 0 Å². The Morgan fingerprint density at radius 1 is 1.26 bits per heavy atom. The van der Waals surface area contributed by atoms with Crippen molar-refractivity contribution in [3.63, 3.8) is 0 Å². The van der Waals surface area contributed by atoms with E-state index < -0.39 is 23.8 Å². The summed E-state index contributed by atoms with van der Waals surface area (Å²) in [4.78, 5) is 27.5. The molecule has 0 spiro atoms. The predicted octanol–water partition coefficient (Wildman–Crippen LogP) is 2.23. The van der Waals surface area contributed by atoms with Crippen LogP contribution in [0.3, 0.4) is 0 Å². The molecule has 0 saturated heterocycles. The summed E-state index contributed by atoms with van der Waals surface area (Å²) in [6.07, 6.45) is 2.64. The van der Waals surface area contributed by atoms with Gasteiger partial charge in [-0.25, -0.2) is 19.1 Å². The monoisotopic (exact) mass is 268 g/mol. The maximum absolute atomic E-state index is 12.0. The maximum Gasteiger partial charge on any atom is 0.420 e. The second kappa shape index (κ2) is 5.86. The van der Waals surface area contributed by atoms with Gasteiger partial charge in [0.05, 0.1) is 0 Å². The van der Waals surface area contributed by atoms with Crippen LogP contribution < -0.4 is 0 Å². The number of ether oxygens (including phenoxy) is 2. The van der Waals surface area contributed by atoms with E-state index in [9.17, 15) is 9.59 Å². The molecule has 0 aliphatic rings. The third-order valence-electron chi connectivity index (χ3n) is 2.19. The van der Waals surface area contributed by atoms with Gasteiger partial charge in [0.15, 0.2) is 0 Å². The fraction of sp³-hybridized carbons (Fsp3) is 0.615. The quantitative estimate of drug-likeness (QED) is 0.786. The number of carbonyl (C=O) groups excluding carboxylic acids is 2. The zero-order valence-corrected chi connectivity index (χ0v) is 11.9. The standard InChI is InChI=1S/C13H20N2O4/c1-9(2)10(11(16)19-13(3,4)5)18-12(17)15-7-6-14-8-15/h6-10H,1-5H3/t10-/m0/s1. The van der Waals surface area contributed by atoms with Crippen LogP contribution in [0.1, 0.15) is 34.6 Å². The zero-order chi connectivity index (χ0) is 14.6. The summed E-state index contributed by atoms with van der Waals surface area (Å²) in [5, 5.41) is 0. The highest BCUT2D eigenvalue weighted by Gasteiger charge is 2.31. The first kappa shape index (κ1) is 15.2. The van der Waals surface area contributed by atoms with Crippen molar-refractivity contribution < 1.29 is 19.1 Å². The molecule has 1 atom stereocenters. The number of rotatable bonds is 3. The van der Waals surface area contributed by atoms with E-state index in [4.69, 9.17) is 9.47 Å². The summed E-state index contributed by atoms with van der Waals surface area (Å²) in [7, 11) is 0. The third-order valence-corrected chi connectivity index (χ3v) is 2.19. The normalized spacial score (nSPS) is 13.2. The molecule has 0 saturated carbocycles. The third kappa shape index (κ3) is 4.73. The minimum absolute atomic E-state index is 0.178. The second-order valence-electron chi connectivity index (χ2n) is 5.55. The molecule has 1 aromatic heterocycles. The smallest absolute Gasteiger partial charge is 0.420 e. The van der Waals surface area contributed by atoms with Crippen LogP contribution >= 0.6 is 0 Å². The van der Waals surface area contributed by atoms with Crippen molar-refractivity contribution in [2.24, 2.45) is 5.92 Å². The SMILES string of the molecule is CC(C)[C@H](OC(=O)n1ccnc1)C(=O)OC(C)(C)C. The lowest BCUT2D eigenvalue weighted by atomic mass is 10.1. The Kier molecular flexibility index (Phi) is 4.69. The van der Waals surface area contributed by atoms with E-state index in [1.165, 1.54) is 23.3 Å². The predicted molar refractivity (Wildman–Crippen MR) is 68.6 cm³/mol. The number of esters is 1. The molecule has 0 unspecified atom stereocenters. The second-order valence-corrected chi connectivity index (χ2v) is 5.55. The first-order valence-electron chi connectivity index (χ1n) is 6.12. The van der Waals surface area contributed by atoms with Gasteiger partial charge in [0.2, 0.25) is 6.10 Å². The minimum atomic E-state index is -0.936. The van der Waals surface area contributed by atoms with Crippen LogP contribution in [0.2, 0.25) is 0 Å². The Morgan fingerprint density at radius 2 is 1.89 bits per heavy atom. The Morgan fingerprint density at radius 3 is 2.32 bits per heavy atom. The summed E-state index contributed by atoms with van der Waals surface area (Å²) >= 11 is 0. The molecular weight excluding hydrogens is 248 g/mol. The van der Waals surface area contributed by atoms with E-state index in [2.05, 4.69) is 4.98 Å². The highest BCUT2D eigenvalue weighted by atomic mass is 16.6. The summed E-state index contributed by atoms with van der Waals surface area (Å²) < 4.78 is 11.6. The van der Waals surface area contributed by atoms with Crippen molar-refractivity contribution >= 4 is 12.1 Å². The highest BCUT2D eigenvalue weighted by Crippen LogP contribution is 2.15. The van der Waals surface area contributed by atoms with Crippen LogP contribution in [0.15, 0.2) is 18.7 Å². The van der Waals surface area contributed by atoms with E-state index in [1.807, 2.05) is 0 Å². The van der Waals surface area contributed by atoms with Gasteiger partial charge in [0.25, 0.3) is 0 Å². The fourth-order valence-corrected chi connectivity index (χ4v) is 1.35. The molecule has 0 aliphatic carbocycles. The van der Waals surface area contributed by atoms with Crippen LogP contribution in [0.4, 0.5) is 4.79 Å². The molecule has 0 radical (unpaired) electrons. The number of hydrogen-bond acceptors (Lipinski definition) is 5. The van der Waals surface area contributed by atoms with Gasteiger partial charge in [-0.15, -0.1) is 0 Å². The van der Waals surface area contributed by atoms with Crippen molar-refractivity contribution in [3.8, 4) is 0 Å². The van der Waals surface area contributed by atoms with Gasteiger partial charge in [0, 0.05) is 18.3 Å². The molecule has 0 N–H and O–H groups in total. The summed E-state index contributed by atoms with van der Waals surface area (Å²) in [6, 6.07) is 0. The van der Waals surface area contributed by atoms with E-state index in [1.54, 1.807) is 34.6 Å². The first-order chi connectivity index (χ1) is 8.70. The van der Waals surface area contributed by atoms with Gasteiger partial charge in [-0.2, -0.15) is 0 Å². The fourth-order valence-electron chi connectivity index (χ4n) is 1.35. The molecule has 6 heteroatoms. The molecule has 0 bridgehead atoms. The Bertz CT molecular complexity index is 432. The van der Waals surface area contributed by atoms with Crippen LogP contribution in [-0.4, -0.2) is 33.3 Å². The van der Waals surface area contributed by atoms with Crippen molar-refractivity contribution in [1.29, 1.82) is 0 Å². The largest absolute Gasteiger partial charge is 0.457 e. The average Bonchev–Trinajstić information content (AvgIpc) is 2.75. The molecule has 1 rings (SSSR count). The van der Waals surface area contributed by atoms with Crippen LogP contribution in [-0.2, 0) is 14.3 Å². The van der Waals surface area contributed by atoms with Crippen LogP contribution in [0.5, 0.6) is 0 Å². The number of aromatic nitrogens is 2. The Balaban J connectivity index is 2.73. The number of nitrogens with zero attached hydrogens (tertiary/aromatic N) is 2. The molecule has 6 nitrogen and oxygen atoms in total. The lowest BCUT2D eigenvalue weighted by Gasteiger charge is -2.25. The molecule has 0 amide bonds. The average molecular weight is 268 g/mol. The van der Waals surface area contributed by atoms with Crippen molar-refractivity contribution in [1.82, 2.24) is 9.55 Å². The van der Waals surface area contributed by atoms with E-state index in [0.29, 0.717) is 0 Å². The Hall–Kier alpha value is -1.85. The van der Waals surface area contributed by atoms with Gasteiger partial charge in [-0.1, -0.05) is 13.8 Å².